The Hall–Kier alpha value is -3.00. The number of hydrogen-bond donors (Lipinski definition) is 1. The number of nitrogens with one attached hydrogen (secondary N) is 1. The average molecular weight is 349 g/mol. The Kier molecular flexibility index (Phi) is 4.66. The van der Waals surface area contributed by atoms with Crippen LogP contribution < -0.4 is 5.32 Å². The topological polar surface area (TPSA) is 85.4 Å². The Balaban J connectivity index is 1.77. The fourth-order valence-corrected chi connectivity index (χ4v) is 3.39. The van der Waals surface area contributed by atoms with Crippen LogP contribution in [-0.2, 0) is 0 Å². The highest BCUT2D eigenvalue weighted by molar-refractivity contribution is 7.14. The molecule has 0 amide bonds. The van der Waals surface area contributed by atoms with Gasteiger partial charge in [0, 0.05) is 28.2 Å². The molecule has 7 heteroatoms. The molecule has 0 aliphatic rings. The number of hydrogen-bond acceptors (Lipinski definition) is 7. The number of aryl methyl sites for hydroxylation is 1. The van der Waals surface area contributed by atoms with E-state index >= 15 is 0 Å². The standard InChI is InChI=1S/C17H11N5S2/c1-11-9-23-16(21-11)14(7-19)8-20-17-22-15(10-24-17)13-4-2-12(6-18)3-5-13/h2-5,8-10H,1H3,(H,20,22)/b14-8+. The summed E-state index contributed by atoms with van der Waals surface area (Å²) < 4.78 is 0. The molecule has 0 fully saturated rings. The number of benzene rings is 1. The van der Waals surface area contributed by atoms with Crippen LogP contribution in [0.25, 0.3) is 16.8 Å². The van der Waals surface area contributed by atoms with Gasteiger partial charge in [-0.05, 0) is 19.1 Å². The lowest BCUT2D eigenvalue weighted by Crippen LogP contribution is -1.90. The van der Waals surface area contributed by atoms with E-state index in [0.29, 0.717) is 21.3 Å². The van der Waals surface area contributed by atoms with Crippen LogP contribution in [0.1, 0.15) is 16.3 Å². The first kappa shape index (κ1) is 15.9. The second-order valence-corrected chi connectivity index (χ2v) is 6.55. The van der Waals surface area contributed by atoms with Gasteiger partial charge in [-0.2, -0.15) is 10.5 Å². The summed E-state index contributed by atoms with van der Waals surface area (Å²) in [4.78, 5) is 8.80. The van der Waals surface area contributed by atoms with Gasteiger partial charge in [-0.25, -0.2) is 9.97 Å². The van der Waals surface area contributed by atoms with E-state index in [9.17, 15) is 5.26 Å². The van der Waals surface area contributed by atoms with Gasteiger partial charge in [0.2, 0.25) is 0 Å². The first-order valence-electron chi connectivity index (χ1n) is 6.95. The monoisotopic (exact) mass is 349 g/mol. The maximum absolute atomic E-state index is 9.26. The smallest absolute Gasteiger partial charge is 0.187 e. The van der Waals surface area contributed by atoms with E-state index in [1.807, 2.05) is 29.8 Å². The van der Waals surface area contributed by atoms with Crippen molar-refractivity contribution in [3.8, 4) is 23.4 Å². The fourth-order valence-electron chi connectivity index (χ4n) is 1.94. The molecule has 0 unspecified atom stereocenters. The Morgan fingerprint density at radius 2 is 1.92 bits per heavy atom. The maximum Gasteiger partial charge on any atom is 0.187 e. The van der Waals surface area contributed by atoms with Gasteiger partial charge in [0.25, 0.3) is 0 Å². The third-order valence-electron chi connectivity index (χ3n) is 3.12. The van der Waals surface area contributed by atoms with Gasteiger partial charge >= 0.3 is 0 Å². The highest BCUT2D eigenvalue weighted by atomic mass is 32.1. The summed E-state index contributed by atoms with van der Waals surface area (Å²) >= 11 is 2.89. The van der Waals surface area contributed by atoms with Crippen LogP contribution in [0.4, 0.5) is 5.13 Å². The largest absolute Gasteiger partial charge is 0.337 e. The number of anilines is 1. The summed E-state index contributed by atoms with van der Waals surface area (Å²) in [6.07, 6.45) is 1.62. The SMILES string of the molecule is Cc1csc(/C(C#N)=C/Nc2nc(-c3ccc(C#N)cc3)cs2)n1. The normalized spacial score (nSPS) is 10.9. The molecule has 0 spiro atoms. The van der Waals surface area contributed by atoms with Crippen LogP contribution in [0.15, 0.2) is 41.2 Å². The van der Waals surface area contributed by atoms with Crippen molar-refractivity contribution in [2.45, 2.75) is 6.92 Å². The van der Waals surface area contributed by atoms with Crippen LogP contribution in [0.3, 0.4) is 0 Å². The van der Waals surface area contributed by atoms with E-state index in [2.05, 4.69) is 27.4 Å². The molecular weight excluding hydrogens is 338 g/mol. The van der Waals surface area contributed by atoms with Crippen molar-refractivity contribution in [3.05, 3.63) is 57.5 Å². The summed E-state index contributed by atoms with van der Waals surface area (Å²) in [6, 6.07) is 11.5. The minimum absolute atomic E-state index is 0.475. The molecule has 0 saturated carbocycles. The van der Waals surface area contributed by atoms with E-state index in [1.165, 1.54) is 22.7 Å². The van der Waals surface area contributed by atoms with Gasteiger partial charge in [-0.15, -0.1) is 22.7 Å². The van der Waals surface area contributed by atoms with Crippen molar-refractivity contribution in [1.29, 1.82) is 10.5 Å². The Morgan fingerprint density at radius 3 is 2.54 bits per heavy atom. The van der Waals surface area contributed by atoms with E-state index in [4.69, 9.17) is 5.26 Å². The van der Waals surface area contributed by atoms with Crippen LogP contribution in [0.5, 0.6) is 0 Å². The fraction of sp³-hybridized carbons (Fsp3) is 0.0588. The molecule has 1 N–H and O–H groups in total. The molecule has 0 bridgehead atoms. The Morgan fingerprint density at radius 1 is 1.12 bits per heavy atom. The molecule has 0 radical (unpaired) electrons. The van der Waals surface area contributed by atoms with Crippen LogP contribution in [0.2, 0.25) is 0 Å². The highest BCUT2D eigenvalue weighted by Crippen LogP contribution is 2.26. The molecular formula is C17H11N5S2. The van der Waals surface area contributed by atoms with Crippen LogP contribution in [-0.4, -0.2) is 9.97 Å². The minimum atomic E-state index is 0.475. The van der Waals surface area contributed by atoms with Crippen molar-refractivity contribution < 1.29 is 0 Å². The molecule has 24 heavy (non-hydrogen) atoms. The maximum atomic E-state index is 9.26. The molecule has 116 valence electrons. The quantitative estimate of drug-likeness (QED) is 0.705. The molecule has 1 aromatic carbocycles. The summed E-state index contributed by atoms with van der Waals surface area (Å²) in [7, 11) is 0. The minimum Gasteiger partial charge on any atom is -0.337 e. The van der Waals surface area contributed by atoms with Crippen molar-refractivity contribution in [3.63, 3.8) is 0 Å². The van der Waals surface area contributed by atoms with Gasteiger partial charge in [0.1, 0.15) is 16.6 Å². The molecule has 3 rings (SSSR count). The average Bonchev–Trinajstić information content (AvgIpc) is 3.25. The van der Waals surface area contributed by atoms with Gasteiger partial charge < -0.3 is 5.32 Å². The van der Waals surface area contributed by atoms with Crippen molar-refractivity contribution in [2.24, 2.45) is 0 Å². The summed E-state index contributed by atoms with van der Waals surface area (Å²) in [5, 5.41) is 26.4. The number of nitrogens with zero attached hydrogens (tertiary/aromatic N) is 4. The Labute approximate surface area is 147 Å². The zero-order valence-electron chi connectivity index (χ0n) is 12.6. The third kappa shape index (κ3) is 3.49. The van der Waals surface area contributed by atoms with Gasteiger partial charge in [0.15, 0.2) is 5.13 Å². The lowest BCUT2D eigenvalue weighted by atomic mass is 10.1. The third-order valence-corrected chi connectivity index (χ3v) is 4.89. The van der Waals surface area contributed by atoms with Crippen LogP contribution in [0, 0.1) is 29.6 Å². The van der Waals surface area contributed by atoms with Crippen LogP contribution >= 0.6 is 22.7 Å². The lowest BCUT2D eigenvalue weighted by molar-refractivity contribution is 1.24. The molecule has 2 aromatic heterocycles. The zero-order valence-corrected chi connectivity index (χ0v) is 14.3. The summed E-state index contributed by atoms with van der Waals surface area (Å²) in [6.45, 7) is 1.90. The highest BCUT2D eigenvalue weighted by Gasteiger charge is 2.07. The second kappa shape index (κ2) is 7.05. The summed E-state index contributed by atoms with van der Waals surface area (Å²) in [5.74, 6) is 0. The van der Waals surface area contributed by atoms with Gasteiger partial charge in [0.05, 0.1) is 17.3 Å². The predicted molar refractivity (Wildman–Crippen MR) is 96.3 cm³/mol. The zero-order chi connectivity index (χ0) is 16.9. The number of thiazole rings is 2. The molecule has 3 aromatic rings. The molecule has 2 heterocycles. The lowest BCUT2D eigenvalue weighted by Gasteiger charge is -1.97. The van der Waals surface area contributed by atoms with E-state index in [1.54, 1.807) is 18.3 Å². The van der Waals surface area contributed by atoms with Crippen molar-refractivity contribution >= 4 is 33.4 Å². The molecule has 0 aliphatic heterocycles. The van der Waals surface area contributed by atoms with Gasteiger partial charge in [-0.3, -0.25) is 0 Å². The number of rotatable bonds is 4. The van der Waals surface area contributed by atoms with Crippen molar-refractivity contribution in [2.75, 3.05) is 5.32 Å². The van der Waals surface area contributed by atoms with Gasteiger partial charge in [-0.1, -0.05) is 12.1 Å². The number of nitriles is 2. The van der Waals surface area contributed by atoms with E-state index < -0.39 is 0 Å². The molecule has 5 nitrogen and oxygen atoms in total. The molecule has 0 saturated heterocycles. The van der Waals surface area contributed by atoms with Crippen molar-refractivity contribution in [1.82, 2.24) is 9.97 Å². The number of allylic oxidation sites excluding steroid dienone is 1. The number of aromatic nitrogens is 2. The molecule has 0 atom stereocenters. The molecule has 0 aliphatic carbocycles. The van der Waals surface area contributed by atoms with E-state index in [0.717, 1.165) is 17.0 Å². The predicted octanol–water partition coefficient (Wildman–Crippen LogP) is 4.42. The summed E-state index contributed by atoms with van der Waals surface area (Å²) in [5.41, 5.74) is 3.76. The first-order valence-corrected chi connectivity index (χ1v) is 8.71. The Bertz CT molecular complexity index is 968. The first-order chi connectivity index (χ1) is 11.7. The second-order valence-electron chi connectivity index (χ2n) is 4.84. The van der Waals surface area contributed by atoms with E-state index in [-0.39, 0.29) is 0 Å².